The summed E-state index contributed by atoms with van der Waals surface area (Å²) >= 11 is 0. The Balaban J connectivity index is 0.00000119. The van der Waals surface area contributed by atoms with Crippen molar-refractivity contribution in [2.24, 2.45) is 11.5 Å². The number of pyridine rings is 2. The molecule has 2 fully saturated rings. The van der Waals surface area contributed by atoms with Crippen LogP contribution in [0.25, 0.3) is 0 Å². The van der Waals surface area contributed by atoms with Crippen LogP contribution in [-0.2, 0) is 27.9 Å². The summed E-state index contributed by atoms with van der Waals surface area (Å²) < 4.78 is 35.6. The number of aliphatic hydroxyl groups is 4. The maximum Gasteiger partial charge on any atom is 0.292 e. The molecule has 0 saturated carbocycles. The molecule has 18 nitrogen and oxygen atoms in total. The molecule has 43 heavy (non-hydrogen) atoms. The lowest BCUT2D eigenvalue weighted by atomic mass is 10.1. The fourth-order valence-electron chi connectivity index (χ4n) is 4.19. The molecule has 2 aliphatic heterocycles. The molecule has 2 aliphatic rings. The SMILES string of the molecule is CC(=O)[O-].NC(=O)c1ccc[n+]([C@H]2O[C@H](COP(=O)([O-])OC[C@H]3O[C@H]([n+]4cccc(C(N)=O)c4)[C@H](O)[C@@H]3O)[C@@H](O)[C@H]2O)c1. The highest BCUT2D eigenvalue weighted by molar-refractivity contribution is 7.45. The standard InChI is InChI=1S/C22H27N4O12P.C2H4O2/c23-19(31)11-3-1-5-25(7-11)21-17(29)15(27)13(37-21)9-35-39(33,34)36-10-14-16(28)18(30)22(38-14)26-6-2-4-12(8-26)20(24)32;1-2(3)4/h1-8,13-18,21-22,27-30H,9-10H2,(H3-2,23,24,31,32,33,34);1H3,(H,3,4)/t13-,14-,15-,16-,17-,18-,21+,22+;/m1./s1. The van der Waals surface area contributed by atoms with Gasteiger partial charge in [-0.25, -0.2) is 0 Å². The first-order valence-electron chi connectivity index (χ1n) is 12.5. The third kappa shape index (κ3) is 8.80. The van der Waals surface area contributed by atoms with E-state index in [0.29, 0.717) is 0 Å². The summed E-state index contributed by atoms with van der Waals surface area (Å²) in [7, 11) is -5.05. The Morgan fingerprint density at radius 1 is 0.837 bits per heavy atom. The van der Waals surface area contributed by atoms with E-state index in [2.05, 4.69) is 0 Å². The van der Waals surface area contributed by atoms with Crippen LogP contribution in [0.5, 0.6) is 0 Å². The zero-order valence-corrected chi connectivity index (χ0v) is 23.4. The van der Waals surface area contributed by atoms with Gasteiger partial charge in [0.2, 0.25) is 0 Å². The third-order valence-electron chi connectivity index (χ3n) is 6.27. The first-order chi connectivity index (χ1) is 20.1. The molecule has 0 spiro atoms. The topological polar surface area (TPSA) is 292 Å². The molecule has 2 aromatic heterocycles. The highest BCUT2D eigenvalue weighted by atomic mass is 31.2. The maximum absolute atomic E-state index is 12.3. The van der Waals surface area contributed by atoms with Crippen LogP contribution in [-0.4, -0.2) is 88.0 Å². The van der Waals surface area contributed by atoms with Gasteiger partial charge in [0.15, 0.2) is 37.0 Å². The number of nitrogens with zero attached hydrogens (tertiary/aromatic N) is 2. The summed E-state index contributed by atoms with van der Waals surface area (Å²) in [6.07, 6.45) is -5.54. The van der Waals surface area contributed by atoms with Crippen molar-refractivity contribution in [3.05, 3.63) is 60.2 Å². The normalized spacial score (nSPS) is 29.7. The average Bonchev–Trinajstić information content (AvgIpc) is 3.40. The summed E-state index contributed by atoms with van der Waals surface area (Å²) in [5.74, 6) is -2.54. The number of carboxylic acids is 1. The predicted molar refractivity (Wildman–Crippen MR) is 132 cm³/mol. The highest BCUT2D eigenvalue weighted by Crippen LogP contribution is 2.41. The number of aliphatic hydroxyl groups excluding tert-OH is 4. The average molecular weight is 631 g/mol. The van der Waals surface area contributed by atoms with Gasteiger partial charge in [-0.2, -0.15) is 9.13 Å². The van der Waals surface area contributed by atoms with Gasteiger partial charge in [0.05, 0.1) is 13.2 Å². The number of rotatable bonds is 10. The van der Waals surface area contributed by atoms with E-state index in [1.54, 1.807) is 0 Å². The number of aromatic nitrogens is 2. The highest BCUT2D eigenvalue weighted by Gasteiger charge is 2.50. The van der Waals surface area contributed by atoms with Crippen molar-refractivity contribution in [3.63, 3.8) is 0 Å². The number of phosphoric ester groups is 1. The predicted octanol–water partition coefficient (Wildman–Crippen LogP) is -5.34. The van der Waals surface area contributed by atoms with Crippen LogP contribution in [0, 0.1) is 0 Å². The summed E-state index contributed by atoms with van der Waals surface area (Å²) in [6.45, 7) is -0.499. The van der Waals surface area contributed by atoms with E-state index in [1.807, 2.05) is 0 Å². The van der Waals surface area contributed by atoms with E-state index in [9.17, 15) is 39.5 Å². The first-order valence-corrected chi connectivity index (χ1v) is 14.0. The third-order valence-corrected chi connectivity index (χ3v) is 7.20. The Morgan fingerprint density at radius 2 is 1.19 bits per heavy atom. The van der Waals surface area contributed by atoms with E-state index >= 15 is 0 Å². The van der Waals surface area contributed by atoms with Crippen LogP contribution < -0.4 is 30.6 Å². The Morgan fingerprint density at radius 3 is 1.51 bits per heavy atom. The van der Waals surface area contributed by atoms with Crippen molar-refractivity contribution in [2.75, 3.05) is 13.2 Å². The lowest BCUT2D eigenvalue weighted by molar-refractivity contribution is -0.766. The van der Waals surface area contributed by atoms with Gasteiger partial charge in [-0.05, 0) is 19.1 Å². The number of amides is 2. The molecule has 0 radical (unpaired) electrons. The first kappa shape index (κ1) is 34.1. The largest absolute Gasteiger partial charge is 0.756 e. The molecule has 19 heteroatoms. The van der Waals surface area contributed by atoms with E-state index in [0.717, 1.165) is 6.92 Å². The quantitative estimate of drug-likeness (QED) is 0.106. The Labute approximate surface area is 243 Å². The lowest BCUT2D eigenvalue weighted by Crippen LogP contribution is -2.46. The molecule has 0 aromatic carbocycles. The summed E-state index contributed by atoms with van der Waals surface area (Å²) in [4.78, 5) is 44.1. The van der Waals surface area contributed by atoms with Crippen molar-refractivity contribution in [2.45, 2.75) is 56.0 Å². The van der Waals surface area contributed by atoms with E-state index in [-0.39, 0.29) is 11.1 Å². The second-order valence-corrected chi connectivity index (χ2v) is 10.8. The molecule has 4 heterocycles. The zero-order chi connectivity index (χ0) is 32.1. The number of nitrogens with two attached hydrogens (primary N) is 2. The molecule has 0 aliphatic carbocycles. The van der Waals surface area contributed by atoms with Crippen molar-refractivity contribution < 1.29 is 77.0 Å². The number of primary amides is 2. The smallest absolute Gasteiger partial charge is 0.292 e. The van der Waals surface area contributed by atoms with Crippen LogP contribution in [0.3, 0.4) is 0 Å². The summed E-state index contributed by atoms with van der Waals surface area (Å²) in [6, 6.07) is 5.82. The number of carbonyl (C=O) groups excluding carboxylic acids is 3. The molecule has 8 atom stereocenters. The monoisotopic (exact) mass is 630 g/mol. The second-order valence-electron chi connectivity index (χ2n) is 9.43. The van der Waals surface area contributed by atoms with Crippen LogP contribution in [0.2, 0.25) is 0 Å². The number of carboxylic acid groups (broad SMARTS) is 1. The molecule has 2 saturated heterocycles. The second kappa shape index (κ2) is 14.4. The van der Waals surface area contributed by atoms with E-state index in [4.69, 9.17) is 39.9 Å². The molecule has 0 unspecified atom stereocenters. The Hall–Kier alpha value is -3.42. The molecule has 4 rings (SSSR count). The molecule has 2 amide bonds. The zero-order valence-electron chi connectivity index (χ0n) is 22.5. The van der Waals surface area contributed by atoms with Gasteiger partial charge in [-0.1, -0.05) is 0 Å². The number of aliphatic carboxylic acids is 1. The minimum atomic E-state index is -5.05. The number of phosphoric acid groups is 1. The van der Waals surface area contributed by atoms with Crippen LogP contribution in [0.15, 0.2) is 49.1 Å². The van der Waals surface area contributed by atoms with Gasteiger partial charge in [0, 0.05) is 18.1 Å². The van der Waals surface area contributed by atoms with E-state index < -0.39 is 87.9 Å². The van der Waals surface area contributed by atoms with Gasteiger partial charge in [0.1, 0.15) is 35.5 Å². The van der Waals surface area contributed by atoms with Gasteiger partial charge in [0.25, 0.3) is 32.1 Å². The number of ether oxygens (including phenoxy) is 2. The maximum atomic E-state index is 12.3. The fourth-order valence-corrected chi connectivity index (χ4v) is 4.92. The molecule has 2 aromatic rings. The van der Waals surface area contributed by atoms with Crippen molar-refractivity contribution in [1.82, 2.24) is 0 Å². The number of hydrogen-bond donors (Lipinski definition) is 6. The number of carbonyl (C=O) groups is 3. The van der Waals surface area contributed by atoms with Gasteiger partial charge >= 0.3 is 0 Å². The Bertz CT molecular complexity index is 1270. The lowest BCUT2D eigenvalue weighted by Gasteiger charge is -2.26. The van der Waals surface area contributed by atoms with Crippen molar-refractivity contribution in [3.8, 4) is 0 Å². The van der Waals surface area contributed by atoms with Gasteiger partial charge in [-0.15, -0.1) is 0 Å². The summed E-state index contributed by atoms with van der Waals surface area (Å²) in [5, 5.41) is 50.3. The van der Waals surface area contributed by atoms with Crippen molar-refractivity contribution in [1.29, 1.82) is 0 Å². The van der Waals surface area contributed by atoms with E-state index in [1.165, 1.54) is 58.2 Å². The number of hydrogen-bond acceptors (Lipinski definition) is 14. The van der Waals surface area contributed by atoms with Crippen LogP contribution in [0.1, 0.15) is 40.1 Å². The fraction of sp³-hybridized carbons (Fsp3) is 0.458. The molecular weight excluding hydrogens is 599 g/mol. The van der Waals surface area contributed by atoms with Gasteiger partial charge in [-0.3, -0.25) is 14.2 Å². The van der Waals surface area contributed by atoms with Crippen molar-refractivity contribution >= 4 is 25.6 Å². The van der Waals surface area contributed by atoms with Gasteiger partial charge < -0.3 is 65.2 Å². The molecule has 8 N–H and O–H groups in total. The molecule has 236 valence electrons. The van der Waals surface area contributed by atoms with Crippen LogP contribution in [0.4, 0.5) is 0 Å². The Kier molecular flexibility index (Phi) is 11.4. The minimum absolute atomic E-state index is 0.114. The molecule has 0 bridgehead atoms. The molecular formula is C24H31N4O14P. The summed E-state index contributed by atoms with van der Waals surface area (Å²) in [5.41, 5.74) is 10.7. The van der Waals surface area contributed by atoms with Crippen LogP contribution >= 0.6 is 7.82 Å². The minimum Gasteiger partial charge on any atom is -0.756 e.